The molecular weight excluding hydrogens is 220 g/mol. The number of benzene rings is 1. The molecule has 0 aliphatic carbocycles. The molecular formula is C12H14N2O3. The first-order valence-corrected chi connectivity index (χ1v) is 5.50. The Morgan fingerprint density at radius 1 is 1.53 bits per heavy atom. The number of amides is 1. The van der Waals surface area contributed by atoms with Crippen LogP contribution in [0.5, 0.6) is 5.75 Å². The van der Waals surface area contributed by atoms with Crippen molar-refractivity contribution in [1.29, 1.82) is 0 Å². The molecule has 90 valence electrons. The predicted octanol–water partition coefficient (Wildman–Crippen LogP) is 0.938. The van der Waals surface area contributed by atoms with Gasteiger partial charge in [-0.15, -0.1) is 0 Å². The molecule has 1 aliphatic heterocycles. The maximum atomic E-state index is 11.6. The Morgan fingerprint density at radius 2 is 2.29 bits per heavy atom. The molecule has 1 aromatic carbocycles. The smallest absolute Gasteiger partial charge is 0.265 e. The Labute approximate surface area is 98.9 Å². The van der Waals surface area contributed by atoms with Gasteiger partial charge in [0.25, 0.3) is 5.91 Å². The fourth-order valence-corrected chi connectivity index (χ4v) is 1.71. The largest absolute Gasteiger partial charge is 0.478 e. The number of hydrogen-bond acceptors (Lipinski definition) is 4. The van der Waals surface area contributed by atoms with Crippen molar-refractivity contribution in [2.75, 3.05) is 11.9 Å². The summed E-state index contributed by atoms with van der Waals surface area (Å²) in [4.78, 5) is 23.0. The van der Waals surface area contributed by atoms with E-state index in [9.17, 15) is 9.59 Å². The molecule has 0 saturated heterocycles. The van der Waals surface area contributed by atoms with Crippen LogP contribution in [0, 0.1) is 0 Å². The summed E-state index contributed by atoms with van der Waals surface area (Å²) >= 11 is 0. The molecule has 0 aromatic heterocycles. The Balaban J connectivity index is 2.32. The van der Waals surface area contributed by atoms with E-state index in [1.54, 1.807) is 18.2 Å². The van der Waals surface area contributed by atoms with Gasteiger partial charge in [0.05, 0.1) is 12.2 Å². The lowest BCUT2D eigenvalue weighted by Gasteiger charge is -2.25. The molecule has 3 N–H and O–H groups in total. The third kappa shape index (κ3) is 2.14. The second-order valence-corrected chi connectivity index (χ2v) is 3.84. The van der Waals surface area contributed by atoms with Crippen LogP contribution in [-0.2, 0) is 4.79 Å². The molecule has 0 fully saturated rings. The van der Waals surface area contributed by atoms with Crippen molar-refractivity contribution in [3.8, 4) is 5.75 Å². The monoisotopic (exact) mass is 234 g/mol. The number of hydrogen-bond donors (Lipinski definition) is 2. The zero-order valence-electron chi connectivity index (χ0n) is 9.53. The number of fused-ring (bicyclic) bond motifs is 1. The van der Waals surface area contributed by atoms with Gasteiger partial charge >= 0.3 is 0 Å². The summed E-state index contributed by atoms with van der Waals surface area (Å²) in [6.45, 7) is 1.83. The van der Waals surface area contributed by atoms with Gasteiger partial charge in [-0.25, -0.2) is 0 Å². The van der Waals surface area contributed by atoms with Crippen LogP contribution in [0.4, 0.5) is 5.69 Å². The van der Waals surface area contributed by atoms with Gasteiger partial charge in [-0.2, -0.15) is 0 Å². The first kappa shape index (κ1) is 11.6. The summed E-state index contributed by atoms with van der Waals surface area (Å²) in [5, 5.41) is 2.72. The van der Waals surface area contributed by atoms with Crippen molar-refractivity contribution < 1.29 is 14.3 Å². The molecule has 1 aromatic rings. The number of rotatable bonds is 3. The van der Waals surface area contributed by atoms with E-state index in [2.05, 4.69) is 5.32 Å². The van der Waals surface area contributed by atoms with Crippen molar-refractivity contribution in [1.82, 2.24) is 0 Å². The highest BCUT2D eigenvalue weighted by Crippen LogP contribution is 2.31. The average Bonchev–Trinajstić information content (AvgIpc) is 2.36. The number of Topliss-reactive ketones (excluding diaryl/α,β-unsaturated/α-hetero) is 1. The van der Waals surface area contributed by atoms with Gasteiger partial charge < -0.3 is 15.8 Å². The highest BCUT2D eigenvalue weighted by molar-refractivity contribution is 6.02. The van der Waals surface area contributed by atoms with Crippen molar-refractivity contribution in [2.45, 2.75) is 19.4 Å². The van der Waals surface area contributed by atoms with Gasteiger partial charge in [0, 0.05) is 5.56 Å². The van der Waals surface area contributed by atoms with Crippen molar-refractivity contribution in [2.24, 2.45) is 5.73 Å². The molecule has 5 heteroatoms. The predicted molar refractivity (Wildman–Crippen MR) is 63.2 cm³/mol. The minimum absolute atomic E-state index is 0.0504. The van der Waals surface area contributed by atoms with Gasteiger partial charge in [0.2, 0.25) is 0 Å². The Kier molecular flexibility index (Phi) is 3.10. The molecule has 0 bridgehead atoms. The lowest BCUT2D eigenvalue weighted by molar-refractivity contribution is -0.123. The number of carbonyl (C=O) groups excluding carboxylic acids is 2. The minimum Gasteiger partial charge on any atom is -0.478 e. The van der Waals surface area contributed by atoms with Crippen LogP contribution in [0.25, 0.3) is 0 Å². The quantitative estimate of drug-likeness (QED) is 0.762. The van der Waals surface area contributed by atoms with E-state index in [0.29, 0.717) is 23.4 Å². The SMILES string of the molecule is CCC1Oc2ccc(C(=O)CN)cc2NC1=O. The number of nitrogens with two attached hydrogens (primary N) is 1. The molecule has 1 unspecified atom stereocenters. The van der Waals surface area contributed by atoms with Gasteiger partial charge in [-0.3, -0.25) is 9.59 Å². The van der Waals surface area contributed by atoms with Gasteiger partial charge in [0.15, 0.2) is 11.9 Å². The Morgan fingerprint density at radius 3 is 2.94 bits per heavy atom. The topological polar surface area (TPSA) is 81.4 Å². The molecule has 17 heavy (non-hydrogen) atoms. The highest BCUT2D eigenvalue weighted by atomic mass is 16.5. The second-order valence-electron chi connectivity index (χ2n) is 3.84. The Hall–Kier alpha value is -1.88. The lowest BCUT2D eigenvalue weighted by atomic mass is 10.1. The van der Waals surface area contributed by atoms with Crippen molar-refractivity contribution in [3.63, 3.8) is 0 Å². The van der Waals surface area contributed by atoms with Crippen LogP contribution in [0.3, 0.4) is 0 Å². The van der Waals surface area contributed by atoms with E-state index < -0.39 is 6.10 Å². The molecule has 5 nitrogen and oxygen atoms in total. The molecule has 1 heterocycles. The fourth-order valence-electron chi connectivity index (χ4n) is 1.71. The number of carbonyl (C=O) groups is 2. The molecule has 2 rings (SSSR count). The van der Waals surface area contributed by atoms with Crippen LogP contribution in [-0.4, -0.2) is 24.3 Å². The Bertz CT molecular complexity index is 471. The molecule has 1 amide bonds. The van der Waals surface area contributed by atoms with Gasteiger partial charge in [-0.1, -0.05) is 6.92 Å². The number of ketones is 1. The van der Waals surface area contributed by atoms with Crippen molar-refractivity contribution >= 4 is 17.4 Å². The summed E-state index contributed by atoms with van der Waals surface area (Å²) in [5.41, 5.74) is 6.29. The fraction of sp³-hybridized carbons (Fsp3) is 0.333. The average molecular weight is 234 g/mol. The van der Waals surface area contributed by atoms with E-state index in [1.165, 1.54) is 0 Å². The van der Waals surface area contributed by atoms with Crippen LogP contribution in [0.2, 0.25) is 0 Å². The number of anilines is 1. The summed E-state index contributed by atoms with van der Waals surface area (Å²) in [5.74, 6) is 0.238. The van der Waals surface area contributed by atoms with Crippen LogP contribution >= 0.6 is 0 Å². The van der Waals surface area contributed by atoms with Gasteiger partial charge in [-0.05, 0) is 24.6 Å². The molecule has 0 spiro atoms. The van der Waals surface area contributed by atoms with Gasteiger partial charge in [0.1, 0.15) is 5.75 Å². The first-order valence-electron chi connectivity index (χ1n) is 5.50. The third-order valence-electron chi connectivity index (χ3n) is 2.68. The third-order valence-corrected chi connectivity index (χ3v) is 2.68. The normalized spacial score (nSPS) is 18.0. The van der Waals surface area contributed by atoms with Crippen LogP contribution < -0.4 is 15.8 Å². The summed E-state index contributed by atoms with van der Waals surface area (Å²) in [6, 6.07) is 4.92. The number of ether oxygens (including phenoxy) is 1. The van der Waals surface area contributed by atoms with Crippen molar-refractivity contribution in [3.05, 3.63) is 23.8 Å². The molecule has 0 radical (unpaired) electrons. The lowest BCUT2D eigenvalue weighted by Crippen LogP contribution is -2.36. The summed E-state index contributed by atoms with van der Waals surface area (Å²) < 4.78 is 5.51. The zero-order chi connectivity index (χ0) is 12.4. The standard InChI is InChI=1S/C12H14N2O3/c1-2-10-12(16)14-8-5-7(9(15)6-13)3-4-11(8)17-10/h3-5,10H,2,6,13H2,1H3,(H,14,16). The maximum Gasteiger partial charge on any atom is 0.265 e. The summed E-state index contributed by atoms with van der Waals surface area (Å²) in [6.07, 6.45) is 0.146. The van der Waals surface area contributed by atoms with E-state index in [1.807, 2.05) is 6.92 Å². The van der Waals surface area contributed by atoms with E-state index in [4.69, 9.17) is 10.5 Å². The molecule has 1 atom stereocenters. The van der Waals surface area contributed by atoms with E-state index in [0.717, 1.165) is 0 Å². The minimum atomic E-state index is -0.460. The second kappa shape index (κ2) is 4.55. The molecule has 0 saturated carbocycles. The van der Waals surface area contributed by atoms with Crippen LogP contribution in [0.15, 0.2) is 18.2 Å². The summed E-state index contributed by atoms with van der Waals surface area (Å²) in [7, 11) is 0. The van der Waals surface area contributed by atoms with E-state index >= 15 is 0 Å². The highest BCUT2D eigenvalue weighted by Gasteiger charge is 2.26. The molecule has 1 aliphatic rings. The van der Waals surface area contributed by atoms with E-state index in [-0.39, 0.29) is 18.2 Å². The van der Waals surface area contributed by atoms with Crippen LogP contribution in [0.1, 0.15) is 23.7 Å². The number of nitrogens with one attached hydrogen (secondary N) is 1. The first-order chi connectivity index (χ1) is 8.15. The maximum absolute atomic E-state index is 11.6. The zero-order valence-corrected chi connectivity index (χ0v) is 9.53.